The van der Waals surface area contributed by atoms with Gasteiger partial charge in [-0.15, -0.1) is 11.3 Å². The molecule has 2 heterocycles. The quantitative estimate of drug-likeness (QED) is 0.783. The Kier molecular flexibility index (Phi) is 6.59. The molecule has 2 rings (SSSR count). The highest BCUT2D eigenvalue weighted by Gasteiger charge is 2.19. The molecule has 1 aliphatic heterocycles. The van der Waals surface area contributed by atoms with Crippen molar-refractivity contribution in [3.63, 3.8) is 0 Å². The fraction of sp³-hybridized carbons (Fsp3) is 0.733. The normalized spacial score (nSPS) is 16.7. The Bertz CT molecular complexity index is 528. The van der Waals surface area contributed by atoms with Crippen molar-refractivity contribution in [3.8, 4) is 0 Å². The molecule has 6 heteroatoms. The van der Waals surface area contributed by atoms with Crippen LogP contribution < -0.4 is 5.32 Å². The molecule has 1 aliphatic rings. The summed E-state index contributed by atoms with van der Waals surface area (Å²) in [5.74, 6) is 2.93. The van der Waals surface area contributed by atoms with Crippen molar-refractivity contribution in [2.45, 2.75) is 44.9 Å². The van der Waals surface area contributed by atoms with Crippen LogP contribution in [-0.4, -0.2) is 32.2 Å². The zero-order chi connectivity index (χ0) is 15.3. The van der Waals surface area contributed by atoms with Crippen LogP contribution in [0.4, 0.5) is 0 Å². The van der Waals surface area contributed by atoms with E-state index in [2.05, 4.69) is 18.3 Å². The Balaban J connectivity index is 1.99. The van der Waals surface area contributed by atoms with Gasteiger partial charge in [0.1, 0.15) is 9.84 Å². The first-order valence-electron chi connectivity index (χ1n) is 7.68. The first kappa shape index (κ1) is 17.3. The molecule has 1 aromatic heterocycles. The number of thioether (sulfide) groups is 1. The lowest BCUT2D eigenvalue weighted by Gasteiger charge is -2.16. The number of aryl methyl sites for hydroxylation is 1. The first-order chi connectivity index (χ1) is 10.1. The van der Waals surface area contributed by atoms with Crippen LogP contribution in [0, 0.1) is 0 Å². The molecule has 0 saturated heterocycles. The molecular formula is C15H25NO2S3. The first-order valence-corrected chi connectivity index (χ1v) is 11.5. The van der Waals surface area contributed by atoms with Crippen LogP contribution in [0.15, 0.2) is 6.07 Å². The number of sulfone groups is 1. The summed E-state index contributed by atoms with van der Waals surface area (Å²) in [7, 11) is -2.84. The molecule has 0 bridgehead atoms. The molecule has 0 amide bonds. The van der Waals surface area contributed by atoms with Gasteiger partial charge >= 0.3 is 0 Å². The Morgan fingerprint density at radius 2 is 2.19 bits per heavy atom. The van der Waals surface area contributed by atoms with Crippen LogP contribution in [0.2, 0.25) is 0 Å². The van der Waals surface area contributed by atoms with Crippen LogP contribution in [-0.2, 0) is 22.0 Å². The van der Waals surface area contributed by atoms with E-state index in [4.69, 9.17) is 0 Å². The molecule has 1 aromatic rings. The van der Waals surface area contributed by atoms with Crippen molar-refractivity contribution in [1.29, 1.82) is 0 Å². The highest BCUT2D eigenvalue weighted by Crippen LogP contribution is 2.35. The summed E-state index contributed by atoms with van der Waals surface area (Å²) in [5.41, 5.74) is 1.50. The highest BCUT2D eigenvalue weighted by atomic mass is 32.2. The number of hydrogen-bond acceptors (Lipinski definition) is 5. The minimum absolute atomic E-state index is 0.253. The molecule has 0 saturated carbocycles. The second-order valence-corrected chi connectivity index (χ2v) is 10.1. The van der Waals surface area contributed by atoms with Gasteiger partial charge in [-0.05, 0) is 43.2 Å². The molecule has 1 N–H and O–H groups in total. The van der Waals surface area contributed by atoms with Gasteiger partial charge in [0.25, 0.3) is 0 Å². The van der Waals surface area contributed by atoms with Gasteiger partial charge < -0.3 is 5.32 Å². The Labute approximate surface area is 136 Å². The second kappa shape index (κ2) is 7.99. The summed E-state index contributed by atoms with van der Waals surface area (Å²) in [4.78, 5) is 2.92. The van der Waals surface area contributed by atoms with Crippen molar-refractivity contribution < 1.29 is 8.42 Å². The van der Waals surface area contributed by atoms with Gasteiger partial charge in [0.2, 0.25) is 0 Å². The van der Waals surface area contributed by atoms with Crippen molar-refractivity contribution >= 4 is 32.9 Å². The monoisotopic (exact) mass is 347 g/mol. The Hall–Kier alpha value is -0.0400. The van der Waals surface area contributed by atoms with Gasteiger partial charge in [-0.1, -0.05) is 13.8 Å². The standard InChI is InChI=1S/C15H25NO2S3/c1-3-16-13(6-5-9-21(17,18)4-2)15-10-12-11-19-8-7-14(12)20-15/h10,13,16H,3-9,11H2,1-2H3. The molecule has 0 radical (unpaired) electrons. The lowest BCUT2D eigenvalue weighted by atomic mass is 10.1. The summed E-state index contributed by atoms with van der Waals surface area (Å²) in [5, 5.41) is 3.52. The van der Waals surface area contributed by atoms with Crippen LogP contribution in [0.1, 0.15) is 48.0 Å². The molecule has 0 aromatic carbocycles. The van der Waals surface area contributed by atoms with Crippen LogP contribution >= 0.6 is 23.1 Å². The average Bonchev–Trinajstić information content (AvgIpc) is 2.90. The minimum atomic E-state index is -2.84. The van der Waals surface area contributed by atoms with E-state index in [0.717, 1.165) is 25.1 Å². The van der Waals surface area contributed by atoms with E-state index in [1.807, 2.05) is 23.1 Å². The third-order valence-electron chi connectivity index (χ3n) is 3.83. The molecule has 1 atom stereocenters. The van der Waals surface area contributed by atoms with Crippen LogP contribution in [0.25, 0.3) is 0 Å². The molecule has 1 unspecified atom stereocenters. The van der Waals surface area contributed by atoms with Crippen molar-refractivity contribution in [2.75, 3.05) is 23.8 Å². The van der Waals surface area contributed by atoms with E-state index in [0.29, 0.717) is 11.8 Å². The van der Waals surface area contributed by atoms with Gasteiger partial charge in [-0.3, -0.25) is 0 Å². The number of thiophene rings is 1. The zero-order valence-electron chi connectivity index (χ0n) is 12.9. The summed E-state index contributed by atoms with van der Waals surface area (Å²) in [6, 6.07) is 2.65. The summed E-state index contributed by atoms with van der Waals surface area (Å²) < 4.78 is 23.2. The highest BCUT2D eigenvalue weighted by molar-refractivity contribution is 7.98. The maximum absolute atomic E-state index is 11.6. The molecule has 21 heavy (non-hydrogen) atoms. The summed E-state index contributed by atoms with van der Waals surface area (Å²) in [6.07, 6.45) is 2.83. The summed E-state index contributed by atoms with van der Waals surface area (Å²) >= 11 is 3.93. The lowest BCUT2D eigenvalue weighted by Crippen LogP contribution is -2.21. The lowest BCUT2D eigenvalue weighted by molar-refractivity contribution is 0.513. The number of hydrogen-bond donors (Lipinski definition) is 1. The van der Waals surface area contributed by atoms with Gasteiger partial charge in [-0.25, -0.2) is 8.42 Å². The maximum Gasteiger partial charge on any atom is 0.150 e. The van der Waals surface area contributed by atoms with Crippen LogP contribution in [0.3, 0.4) is 0 Å². The van der Waals surface area contributed by atoms with E-state index in [-0.39, 0.29) is 5.75 Å². The number of rotatable bonds is 8. The maximum atomic E-state index is 11.6. The van der Waals surface area contributed by atoms with Crippen molar-refractivity contribution in [3.05, 3.63) is 21.4 Å². The smallest absolute Gasteiger partial charge is 0.150 e. The van der Waals surface area contributed by atoms with Gasteiger partial charge in [0.05, 0.1) is 5.75 Å². The average molecular weight is 348 g/mol. The fourth-order valence-electron chi connectivity index (χ4n) is 2.58. The topological polar surface area (TPSA) is 46.2 Å². The van der Waals surface area contributed by atoms with E-state index in [1.54, 1.807) is 6.92 Å². The van der Waals surface area contributed by atoms with E-state index >= 15 is 0 Å². The third kappa shape index (κ3) is 4.98. The largest absolute Gasteiger partial charge is 0.310 e. The van der Waals surface area contributed by atoms with E-state index in [1.165, 1.54) is 27.5 Å². The molecule has 3 nitrogen and oxygen atoms in total. The van der Waals surface area contributed by atoms with Gasteiger partial charge in [0.15, 0.2) is 0 Å². The molecule has 120 valence electrons. The molecule has 0 aliphatic carbocycles. The summed E-state index contributed by atoms with van der Waals surface area (Å²) in [6.45, 7) is 4.75. The Morgan fingerprint density at radius 3 is 2.86 bits per heavy atom. The number of fused-ring (bicyclic) bond motifs is 1. The zero-order valence-corrected chi connectivity index (χ0v) is 15.3. The third-order valence-corrected chi connectivity index (χ3v) is 7.98. The molecule has 0 fully saturated rings. The SMILES string of the molecule is CCNC(CCCS(=O)(=O)CC)c1cc2c(s1)CCSC2. The van der Waals surface area contributed by atoms with E-state index < -0.39 is 9.84 Å². The predicted octanol–water partition coefficient (Wildman–Crippen LogP) is 3.40. The Morgan fingerprint density at radius 1 is 1.38 bits per heavy atom. The second-order valence-electron chi connectivity index (χ2n) is 5.39. The van der Waals surface area contributed by atoms with Crippen LogP contribution in [0.5, 0.6) is 0 Å². The fourth-order valence-corrected chi connectivity index (χ4v) is 5.97. The van der Waals surface area contributed by atoms with E-state index in [9.17, 15) is 8.42 Å². The number of nitrogens with one attached hydrogen (secondary N) is 1. The minimum Gasteiger partial charge on any atom is -0.310 e. The van der Waals surface area contributed by atoms with Gasteiger partial charge in [0, 0.05) is 27.3 Å². The molecular weight excluding hydrogens is 322 g/mol. The molecule has 0 spiro atoms. The predicted molar refractivity (Wildman–Crippen MR) is 94.2 cm³/mol. The van der Waals surface area contributed by atoms with Crippen molar-refractivity contribution in [2.24, 2.45) is 0 Å². The van der Waals surface area contributed by atoms with Gasteiger partial charge in [-0.2, -0.15) is 11.8 Å². The van der Waals surface area contributed by atoms with Crippen molar-refractivity contribution in [1.82, 2.24) is 5.32 Å².